The molecule has 0 aliphatic carbocycles. The van der Waals surface area contributed by atoms with E-state index in [9.17, 15) is 9.90 Å². The van der Waals surface area contributed by atoms with E-state index in [1.807, 2.05) is 31.2 Å². The van der Waals surface area contributed by atoms with Gasteiger partial charge in [-0.05, 0) is 67.5 Å². The molecule has 0 spiro atoms. The standard InChI is InChI=1S/C31H43NO3/c1-6-9-10-11-12-21-35-28-19-17-26(18-20-28)29(8-3)32-30(23(4)7-2)27-15-13-25(14-16-27)22-24(5)31(33)34/h8,13-20,23-24H,6-7,9-12,21-22H2,1-5H3,(H,33,34)/b29-8-,32-30?. The SMILES string of the molecule is C/C=C(\N=C(c1ccc(CC(C)C(=O)O)cc1)C(C)CC)c1ccc(OCCCCCCC)cc1. The highest BCUT2D eigenvalue weighted by molar-refractivity contribution is 6.04. The van der Waals surface area contributed by atoms with Crippen LogP contribution >= 0.6 is 0 Å². The summed E-state index contributed by atoms with van der Waals surface area (Å²) in [6.07, 6.45) is 9.72. The van der Waals surface area contributed by atoms with Crippen molar-refractivity contribution >= 4 is 17.4 Å². The fraction of sp³-hybridized carbons (Fsp3) is 0.484. The number of benzene rings is 2. The normalized spacial score (nSPS) is 14.0. The molecular formula is C31H43NO3. The Labute approximate surface area is 212 Å². The number of hydrogen-bond acceptors (Lipinski definition) is 3. The van der Waals surface area contributed by atoms with E-state index in [0.29, 0.717) is 12.3 Å². The minimum Gasteiger partial charge on any atom is -0.494 e. The van der Waals surface area contributed by atoms with Crippen LogP contribution in [-0.2, 0) is 11.2 Å². The molecule has 190 valence electrons. The van der Waals surface area contributed by atoms with Crippen molar-refractivity contribution in [3.05, 3.63) is 71.3 Å². The summed E-state index contributed by atoms with van der Waals surface area (Å²) in [6.45, 7) is 11.1. The number of ether oxygens (including phenoxy) is 1. The summed E-state index contributed by atoms with van der Waals surface area (Å²) in [5.41, 5.74) is 5.16. The maximum Gasteiger partial charge on any atom is 0.306 e. The van der Waals surface area contributed by atoms with E-state index in [-0.39, 0.29) is 0 Å². The Bertz CT molecular complexity index is 958. The molecule has 0 aromatic heterocycles. The molecule has 0 saturated heterocycles. The molecule has 0 aliphatic rings. The van der Waals surface area contributed by atoms with Gasteiger partial charge in [0.1, 0.15) is 5.75 Å². The maximum absolute atomic E-state index is 11.2. The van der Waals surface area contributed by atoms with E-state index in [4.69, 9.17) is 9.73 Å². The van der Waals surface area contributed by atoms with Gasteiger partial charge in [-0.15, -0.1) is 0 Å². The molecule has 2 aromatic carbocycles. The Morgan fingerprint density at radius 3 is 2.11 bits per heavy atom. The van der Waals surface area contributed by atoms with Crippen molar-refractivity contribution < 1.29 is 14.6 Å². The van der Waals surface area contributed by atoms with Crippen molar-refractivity contribution in [2.75, 3.05) is 6.61 Å². The third-order valence-electron chi connectivity index (χ3n) is 6.47. The van der Waals surface area contributed by atoms with Crippen molar-refractivity contribution in [3.63, 3.8) is 0 Å². The van der Waals surface area contributed by atoms with Crippen molar-refractivity contribution in [1.82, 2.24) is 0 Å². The lowest BCUT2D eigenvalue weighted by molar-refractivity contribution is -0.141. The minimum atomic E-state index is -0.767. The molecule has 2 aromatic rings. The number of nitrogens with zero attached hydrogens (tertiary/aromatic N) is 1. The zero-order chi connectivity index (χ0) is 25.6. The Balaban J connectivity index is 2.14. The molecule has 0 radical (unpaired) electrons. The number of carboxylic acid groups (broad SMARTS) is 1. The first-order chi connectivity index (χ1) is 16.9. The molecule has 0 heterocycles. The Kier molecular flexibility index (Phi) is 12.3. The van der Waals surface area contributed by atoms with Crippen LogP contribution in [0.3, 0.4) is 0 Å². The van der Waals surface area contributed by atoms with Crippen LogP contribution in [0.2, 0.25) is 0 Å². The lowest BCUT2D eigenvalue weighted by Crippen LogP contribution is -2.14. The summed E-state index contributed by atoms with van der Waals surface area (Å²) in [5, 5.41) is 9.19. The molecule has 4 nitrogen and oxygen atoms in total. The summed E-state index contributed by atoms with van der Waals surface area (Å²) in [6, 6.07) is 16.4. The van der Waals surface area contributed by atoms with Gasteiger partial charge < -0.3 is 9.84 Å². The van der Waals surface area contributed by atoms with Gasteiger partial charge >= 0.3 is 5.97 Å². The number of aliphatic carboxylic acids is 1. The van der Waals surface area contributed by atoms with E-state index in [1.54, 1.807) is 6.92 Å². The number of aliphatic imine (C=N–C) groups is 1. The predicted octanol–water partition coefficient (Wildman–Crippen LogP) is 8.20. The fourth-order valence-electron chi connectivity index (χ4n) is 3.95. The molecular weight excluding hydrogens is 434 g/mol. The molecule has 0 aliphatic heterocycles. The van der Waals surface area contributed by atoms with Crippen LogP contribution in [-0.4, -0.2) is 23.4 Å². The Morgan fingerprint density at radius 1 is 0.914 bits per heavy atom. The van der Waals surface area contributed by atoms with Gasteiger partial charge in [-0.1, -0.05) is 83.7 Å². The molecule has 4 heteroatoms. The minimum absolute atomic E-state index is 0.295. The molecule has 0 saturated carbocycles. The van der Waals surface area contributed by atoms with Gasteiger partial charge in [-0.3, -0.25) is 9.79 Å². The molecule has 2 atom stereocenters. The van der Waals surface area contributed by atoms with E-state index < -0.39 is 11.9 Å². The maximum atomic E-state index is 11.2. The van der Waals surface area contributed by atoms with Crippen LogP contribution < -0.4 is 4.74 Å². The fourth-order valence-corrected chi connectivity index (χ4v) is 3.95. The Morgan fingerprint density at radius 2 is 1.54 bits per heavy atom. The number of hydrogen-bond donors (Lipinski definition) is 1. The lowest BCUT2D eigenvalue weighted by atomic mass is 9.93. The largest absolute Gasteiger partial charge is 0.494 e. The van der Waals surface area contributed by atoms with E-state index in [1.165, 1.54) is 25.7 Å². The predicted molar refractivity (Wildman–Crippen MR) is 147 cm³/mol. The quantitative estimate of drug-likeness (QED) is 0.208. The van der Waals surface area contributed by atoms with Crippen LogP contribution in [0.15, 0.2) is 59.6 Å². The number of allylic oxidation sites excluding steroid dienone is 1. The summed E-state index contributed by atoms with van der Waals surface area (Å²) in [4.78, 5) is 16.3. The van der Waals surface area contributed by atoms with Crippen LogP contribution in [0.25, 0.3) is 5.70 Å². The monoisotopic (exact) mass is 477 g/mol. The van der Waals surface area contributed by atoms with Crippen molar-refractivity contribution in [1.29, 1.82) is 0 Å². The van der Waals surface area contributed by atoms with Gasteiger partial charge in [-0.2, -0.15) is 0 Å². The number of carboxylic acids is 1. The highest BCUT2D eigenvalue weighted by Crippen LogP contribution is 2.24. The number of unbranched alkanes of at least 4 members (excludes halogenated alkanes) is 4. The van der Waals surface area contributed by atoms with Crippen LogP contribution in [0.5, 0.6) is 5.75 Å². The third kappa shape index (κ3) is 9.35. The number of carbonyl (C=O) groups is 1. The Hall–Kier alpha value is -2.88. The first-order valence-electron chi connectivity index (χ1n) is 13.2. The van der Waals surface area contributed by atoms with Gasteiger partial charge in [-0.25, -0.2) is 0 Å². The molecule has 0 amide bonds. The van der Waals surface area contributed by atoms with Crippen LogP contribution in [0.4, 0.5) is 0 Å². The van der Waals surface area contributed by atoms with Crippen molar-refractivity contribution in [3.8, 4) is 5.75 Å². The van der Waals surface area contributed by atoms with Gasteiger partial charge in [0.2, 0.25) is 0 Å². The molecule has 2 unspecified atom stereocenters. The smallest absolute Gasteiger partial charge is 0.306 e. The molecule has 2 rings (SSSR count). The van der Waals surface area contributed by atoms with Crippen molar-refractivity contribution in [2.24, 2.45) is 16.8 Å². The molecule has 0 bridgehead atoms. The second-order valence-corrected chi connectivity index (χ2v) is 9.41. The average Bonchev–Trinajstić information content (AvgIpc) is 2.87. The van der Waals surface area contributed by atoms with Crippen molar-refractivity contribution in [2.45, 2.75) is 79.6 Å². The summed E-state index contributed by atoms with van der Waals surface area (Å²) < 4.78 is 5.92. The molecule has 1 N–H and O–H groups in total. The lowest BCUT2D eigenvalue weighted by Gasteiger charge is -2.16. The van der Waals surface area contributed by atoms with E-state index in [0.717, 1.165) is 53.3 Å². The topological polar surface area (TPSA) is 58.9 Å². The second kappa shape index (κ2) is 15.2. The number of rotatable bonds is 15. The highest BCUT2D eigenvalue weighted by atomic mass is 16.5. The van der Waals surface area contributed by atoms with E-state index in [2.05, 4.69) is 51.1 Å². The van der Waals surface area contributed by atoms with Gasteiger partial charge in [0.15, 0.2) is 0 Å². The third-order valence-corrected chi connectivity index (χ3v) is 6.47. The zero-order valence-corrected chi connectivity index (χ0v) is 22.2. The first kappa shape index (κ1) is 28.4. The van der Waals surface area contributed by atoms with Crippen LogP contribution in [0.1, 0.15) is 89.8 Å². The molecule has 35 heavy (non-hydrogen) atoms. The zero-order valence-electron chi connectivity index (χ0n) is 22.2. The second-order valence-electron chi connectivity index (χ2n) is 9.41. The average molecular weight is 478 g/mol. The summed E-state index contributed by atoms with van der Waals surface area (Å²) in [7, 11) is 0. The highest BCUT2D eigenvalue weighted by Gasteiger charge is 2.15. The first-order valence-corrected chi connectivity index (χ1v) is 13.2. The van der Waals surface area contributed by atoms with E-state index >= 15 is 0 Å². The summed E-state index contributed by atoms with van der Waals surface area (Å²) >= 11 is 0. The van der Waals surface area contributed by atoms with Gasteiger partial charge in [0.05, 0.1) is 23.9 Å². The molecule has 0 fully saturated rings. The van der Waals surface area contributed by atoms with Gasteiger partial charge in [0.25, 0.3) is 0 Å². The van der Waals surface area contributed by atoms with Crippen LogP contribution in [0, 0.1) is 11.8 Å². The summed E-state index contributed by atoms with van der Waals surface area (Å²) in [5.74, 6) is 0.0318. The van der Waals surface area contributed by atoms with Gasteiger partial charge in [0, 0.05) is 5.56 Å².